The third-order valence-electron chi connectivity index (χ3n) is 2.43. The molecule has 1 aromatic carbocycles. The van der Waals surface area contributed by atoms with Gasteiger partial charge in [0.1, 0.15) is 0 Å². The molecule has 0 unspecified atom stereocenters. The molecule has 0 bridgehead atoms. The molecule has 0 aliphatic rings. The van der Waals surface area contributed by atoms with Crippen LogP contribution in [0.5, 0.6) is 0 Å². The van der Waals surface area contributed by atoms with E-state index in [-0.39, 0.29) is 11.3 Å². The number of nitro benzene ring substituents is 1. The van der Waals surface area contributed by atoms with E-state index in [1.54, 1.807) is 12.1 Å². The summed E-state index contributed by atoms with van der Waals surface area (Å²) in [6, 6.07) is 4.51. The Morgan fingerprint density at radius 1 is 1.53 bits per heavy atom. The van der Waals surface area contributed by atoms with Gasteiger partial charge < -0.3 is 4.90 Å². The van der Waals surface area contributed by atoms with Gasteiger partial charge in [-0.25, -0.2) is 0 Å². The van der Waals surface area contributed by atoms with E-state index < -0.39 is 4.92 Å². The van der Waals surface area contributed by atoms with Gasteiger partial charge in [-0.15, -0.1) is 6.58 Å². The zero-order valence-corrected chi connectivity index (χ0v) is 9.63. The second kappa shape index (κ2) is 5.79. The average Bonchev–Trinajstić information content (AvgIpc) is 2.34. The minimum absolute atomic E-state index is 0.0926. The van der Waals surface area contributed by atoms with Gasteiger partial charge in [0.15, 0.2) is 6.29 Å². The van der Waals surface area contributed by atoms with E-state index in [1.165, 1.54) is 12.1 Å². The van der Waals surface area contributed by atoms with E-state index in [0.29, 0.717) is 12.8 Å². The molecule has 0 N–H and O–H groups in total. The molecule has 1 aromatic rings. The second-order valence-corrected chi connectivity index (χ2v) is 3.45. The first-order chi connectivity index (χ1) is 8.13. The summed E-state index contributed by atoms with van der Waals surface area (Å²) in [5.41, 5.74) is 0.702. The van der Waals surface area contributed by atoms with Gasteiger partial charge in [0.2, 0.25) is 0 Å². The van der Waals surface area contributed by atoms with E-state index in [0.717, 1.165) is 12.2 Å². The van der Waals surface area contributed by atoms with Crippen LogP contribution in [0.1, 0.15) is 17.3 Å². The maximum atomic E-state index is 10.8. The normalized spacial score (nSPS) is 9.71. The van der Waals surface area contributed by atoms with Gasteiger partial charge in [-0.3, -0.25) is 14.9 Å². The predicted octanol–water partition coefficient (Wildman–Crippen LogP) is 2.42. The monoisotopic (exact) mass is 234 g/mol. The summed E-state index contributed by atoms with van der Waals surface area (Å²) >= 11 is 0. The second-order valence-electron chi connectivity index (χ2n) is 3.45. The van der Waals surface area contributed by atoms with Crippen molar-refractivity contribution in [1.29, 1.82) is 0 Å². The number of nitrogens with zero attached hydrogens (tertiary/aromatic N) is 2. The molecule has 0 heterocycles. The minimum atomic E-state index is -0.558. The molecule has 0 spiro atoms. The Bertz CT molecular complexity index is 443. The van der Waals surface area contributed by atoms with Crippen molar-refractivity contribution in [2.75, 3.05) is 18.0 Å². The highest BCUT2D eigenvalue weighted by Gasteiger charge is 2.14. The molecule has 0 radical (unpaired) electrons. The van der Waals surface area contributed by atoms with Crippen LogP contribution in [0.2, 0.25) is 0 Å². The lowest BCUT2D eigenvalue weighted by atomic mass is 10.1. The first-order valence-electron chi connectivity index (χ1n) is 5.23. The molecule has 0 atom stereocenters. The van der Waals surface area contributed by atoms with Crippen molar-refractivity contribution in [3.05, 3.63) is 46.5 Å². The lowest BCUT2D eigenvalue weighted by Gasteiger charge is -2.21. The molecular weight excluding hydrogens is 220 g/mol. The third kappa shape index (κ3) is 2.90. The number of carbonyl (C=O) groups excluding carboxylic acids is 1. The molecule has 0 aromatic heterocycles. The highest BCUT2D eigenvalue weighted by Crippen LogP contribution is 2.23. The van der Waals surface area contributed by atoms with Crippen LogP contribution in [0.4, 0.5) is 11.4 Å². The number of hydrogen-bond donors (Lipinski definition) is 0. The van der Waals surface area contributed by atoms with Crippen molar-refractivity contribution in [3.63, 3.8) is 0 Å². The van der Waals surface area contributed by atoms with Crippen molar-refractivity contribution >= 4 is 17.7 Å². The van der Waals surface area contributed by atoms with Crippen LogP contribution >= 0.6 is 0 Å². The van der Waals surface area contributed by atoms with Crippen molar-refractivity contribution in [2.24, 2.45) is 0 Å². The molecule has 0 saturated carbocycles. The molecule has 90 valence electrons. The fourth-order valence-electron chi connectivity index (χ4n) is 1.57. The predicted molar refractivity (Wildman–Crippen MR) is 66.6 cm³/mol. The van der Waals surface area contributed by atoms with E-state index >= 15 is 0 Å². The summed E-state index contributed by atoms with van der Waals surface area (Å²) in [7, 11) is 0. The highest BCUT2D eigenvalue weighted by atomic mass is 16.6. The van der Waals surface area contributed by atoms with Gasteiger partial charge in [0, 0.05) is 24.8 Å². The van der Waals surface area contributed by atoms with Crippen molar-refractivity contribution in [1.82, 2.24) is 0 Å². The molecule has 1 rings (SSSR count). The SMILES string of the molecule is C=CCN(CC)c1ccc([N+](=O)[O-])c(C=O)c1. The van der Waals surface area contributed by atoms with Gasteiger partial charge in [-0.1, -0.05) is 6.08 Å². The molecule has 0 saturated heterocycles. The zero-order valence-electron chi connectivity index (χ0n) is 9.63. The van der Waals surface area contributed by atoms with Crippen molar-refractivity contribution in [2.45, 2.75) is 6.92 Å². The standard InChI is InChI=1S/C12H14N2O3/c1-3-7-13(4-2)11-5-6-12(14(16)17)10(8-11)9-15/h3,5-6,8-9H,1,4,7H2,2H3. The highest BCUT2D eigenvalue weighted by molar-refractivity contribution is 5.83. The van der Waals surface area contributed by atoms with Gasteiger partial charge in [0.05, 0.1) is 10.5 Å². The van der Waals surface area contributed by atoms with Crippen LogP contribution in [0.3, 0.4) is 0 Å². The molecule has 5 heteroatoms. The van der Waals surface area contributed by atoms with E-state index in [4.69, 9.17) is 0 Å². The topological polar surface area (TPSA) is 63.4 Å². The summed E-state index contributed by atoms with van der Waals surface area (Å²) in [5, 5.41) is 10.7. The van der Waals surface area contributed by atoms with E-state index in [9.17, 15) is 14.9 Å². The third-order valence-corrected chi connectivity index (χ3v) is 2.43. The van der Waals surface area contributed by atoms with Crippen LogP contribution in [0.15, 0.2) is 30.9 Å². The fourth-order valence-corrected chi connectivity index (χ4v) is 1.57. The minimum Gasteiger partial charge on any atom is -0.368 e. The fraction of sp³-hybridized carbons (Fsp3) is 0.250. The van der Waals surface area contributed by atoms with Crippen LogP contribution in [0.25, 0.3) is 0 Å². The molecule has 0 amide bonds. The smallest absolute Gasteiger partial charge is 0.280 e. The Morgan fingerprint density at radius 2 is 2.24 bits per heavy atom. The first kappa shape index (κ1) is 12.9. The summed E-state index contributed by atoms with van der Waals surface area (Å²) in [4.78, 5) is 22.9. The number of nitro groups is 1. The number of benzene rings is 1. The Morgan fingerprint density at radius 3 is 2.71 bits per heavy atom. The van der Waals surface area contributed by atoms with Crippen LogP contribution in [-0.4, -0.2) is 24.3 Å². The number of aldehydes is 1. The Labute approximate surface area is 99.5 Å². The van der Waals surface area contributed by atoms with Gasteiger partial charge >= 0.3 is 0 Å². The molecule has 0 aliphatic heterocycles. The maximum Gasteiger partial charge on any atom is 0.280 e. The lowest BCUT2D eigenvalue weighted by molar-refractivity contribution is -0.385. The number of hydrogen-bond acceptors (Lipinski definition) is 4. The lowest BCUT2D eigenvalue weighted by Crippen LogP contribution is -2.22. The number of carbonyl (C=O) groups is 1. The summed E-state index contributed by atoms with van der Waals surface area (Å²) < 4.78 is 0. The van der Waals surface area contributed by atoms with Crippen LogP contribution in [-0.2, 0) is 0 Å². The molecule has 17 heavy (non-hydrogen) atoms. The van der Waals surface area contributed by atoms with Gasteiger partial charge in [-0.2, -0.15) is 0 Å². The number of rotatable bonds is 6. The summed E-state index contributed by atoms with van der Waals surface area (Å²) in [5.74, 6) is 0. The van der Waals surface area contributed by atoms with Crippen LogP contribution in [0, 0.1) is 10.1 Å². The molecule has 0 fully saturated rings. The number of anilines is 1. The molecule has 0 aliphatic carbocycles. The van der Waals surface area contributed by atoms with Gasteiger partial charge in [-0.05, 0) is 19.1 Å². The van der Waals surface area contributed by atoms with Crippen molar-refractivity contribution in [3.8, 4) is 0 Å². The van der Waals surface area contributed by atoms with E-state index in [1.807, 2.05) is 11.8 Å². The van der Waals surface area contributed by atoms with E-state index in [2.05, 4.69) is 6.58 Å². The van der Waals surface area contributed by atoms with Crippen molar-refractivity contribution < 1.29 is 9.72 Å². The van der Waals surface area contributed by atoms with Gasteiger partial charge in [0.25, 0.3) is 5.69 Å². The summed E-state index contributed by atoms with van der Waals surface area (Å²) in [6.07, 6.45) is 2.24. The average molecular weight is 234 g/mol. The zero-order chi connectivity index (χ0) is 12.8. The number of likely N-dealkylation sites (N-methyl/N-ethyl adjacent to an activating group) is 1. The quantitative estimate of drug-likeness (QED) is 0.328. The maximum absolute atomic E-state index is 10.8. The first-order valence-corrected chi connectivity index (χ1v) is 5.23. The van der Waals surface area contributed by atoms with Crippen LogP contribution < -0.4 is 4.90 Å². The molecule has 5 nitrogen and oxygen atoms in total. The molecular formula is C12H14N2O3. The Hall–Kier alpha value is -2.17. The largest absolute Gasteiger partial charge is 0.368 e. The Balaban J connectivity index is 3.15. The Kier molecular flexibility index (Phi) is 4.39. The summed E-state index contributed by atoms with van der Waals surface area (Å²) in [6.45, 7) is 6.98.